The van der Waals surface area contributed by atoms with Crippen LogP contribution in [-0.4, -0.2) is 65.4 Å². The number of ether oxygens (including phenoxy) is 1. The van der Waals surface area contributed by atoms with Gasteiger partial charge in [-0.3, -0.25) is 4.99 Å². The number of carbonyl (C=O) groups excluding carboxylic acids is 1. The second-order valence-corrected chi connectivity index (χ2v) is 8.70. The van der Waals surface area contributed by atoms with E-state index in [9.17, 15) is 9.90 Å². The fourth-order valence-corrected chi connectivity index (χ4v) is 5.09. The average Bonchev–Trinajstić information content (AvgIpc) is 3.37. The molecule has 1 aromatic heterocycles. The van der Waals surface area contributed by atoms with Crippen LogP contribution < -0.4 is 5.32 Å². The molecule has 0 saturated carbocycles. The fourth-order valence-electron chi connectivity index (χ4n) is 5.09. The highest BCUT2D eigenvalue weighted by atomic mass is 16.5. The Morgan fingerprint density at radius 1 is 1.17 bits per heavy atom. The minimum atomic E-state index is -0.415. The fraction of sp³-hybridized carbons (Fsp3) is 0.565. The number of carbonyl (C=O) groups is 1. The van der Waals surface area contributed by atoms with Crippen LogP contribution in [0.3, 0.4) is 0 Å². The Hall–Kier alpha value is -2.38. The maximum atomic E-state index is 12.6. The number of amides is 2. The van der Waals surface area contributed by atoms with Gasteiger partial charge in [-0.1, -0.05) is 24.3 Å². The molecule has 2 N–H and O–H groups in total. The summed E-state index contributed by atoms with van der Waals surface area (Å²) in [5, 5.41) is 16.6. The van der Waals surface area contributed by atoms with E-state index in [1.807, 2.05) is 11.2 Å². The summed E-state index contributed by atoms with van der Waals surface area (Å²) in [5.74, 6) is 0.209. The molecule has 2 fully saturated rings. The van der Waals surface area contributed by atoms with Crippen molar-refractivity contribution in [3.63, 3.8) is 0 Å². The third-order valence-corrected chi connectivity index (χ3v) is 6.89. The number of piperidine rings is 1. The van der Waals surface area contributed by atoms with Crippen molar-refractivity contribution in [3.8, 4) is 0 Å². The third kappa shape index (κ3) is 3.72. The molecular formula is C23H30N4O3. The molecule has 4 heterocycles. The molecule has 3 aliphatic heterocycles. The van der Waals surface area contributed by atoms with Crippen LogP contribution in [0.1, 0.15) is 37.1 Å². The predicted octanol–water partition coefficient (Wildman–Crippen LogP) is 2.54. The number of rotatable bonds is 4. The van der Waals surface area contributed by atoms with E-state index in [0.717, 1.165) is 44.6 Å². The van der Waals surface area contributed by atoms with Gasteiger partial charge in [-0.2, -0.15) is 0 Å². The van der Waals surface area contributed by atoms with Crippen LogP contribution in [0.25, 0.3) is 10.8 Å². The summed E-state index contributed by atoms with van der Waals surface area (Å²) in [6.07, 6.45) is 5.54. The van der Waals surface area contributed by atoms with E-state index in [1.54, 1.807) is 0 Å². The van der Waals surface area contributed by atoms with E-state index >= 15 is 0 Å². The average molecular weight is 411 g/mol. The smallest absolute Gasteiger partial charge is 0.317 e. The molecule has 0 bridgehead atoms. The Balaban J connectivity index is 1.20. The molecule has 0 radical (unpaired) electrons. The van der Waals surface area contributed by atoms with Crippen molar-refractivity contribution in [2.75, 3.05) is 26.3 Å². The van der Waals surface area contributed by atoms with Crippen LogP contribution in [0.4, 0.5) is 4.79 Å². The monoisotopic (exact) mass is 410 g/mol. The van der Waals surface area contributed by atoms with Gasteiger partial charge in [0.25, 0.3) is 0 Å². The number of aliphatic imine (C=N–C) groups is 1. The Morgan fingerprint density at radius 2 is 1.90 bits per heavy atom. The highest BCUT2D eigenvalue weighted by Crippen LogP contribution is 2.31. The Morgan fingerprint density at radius 3 is 2.67 bits per heavy atom. The standard InChI is InChI=1S/C23H30N4O3/c28-22(13-20-18-3-1-2-4-19(18)21-14-24-15-27(20)21)16-5-9-26(10-6-16)23(29)25-17-7-11-30-12-8-17/h1-4,15-17,22,28H,5-14H2,(H,25,29)/t22-/m1/s1. The first-order valence-electron chi connectivity index (χ1n) is 11.1. The first-order valence-corrected chi connectivity index (χ1v) is 11.1. The maximum Gasteiger partial charge on any atom is 0.317 e. The van der Waals surface area contributed by atoms with Crippen molar-refractivity contribution in [3.05, 3.63) is 35.7 Å². The minimum absolute atomic E-state index is 0.0291. The second-order valence-electron chi connectivity index (χ2n) is 8.70. The van der Waals surface area contributed by atoms with Gasteiger partial charge in [0.05, 0.1) is 24.7 Å². The van der Waals surface area contributed by atoms with Crippen molar-refractivity contribution in [2.24, 2.45) is 10.9 Å². The van der Waals surface area contributed by atoms with E-state index in [1.165, 1.54) is 16.5 Å². The molecule has 2 amide bonds. The van der Waals surface area contributed by atoms with Gasteiger partial charge < -0.3 is 24.6 Å². The molecule has 3 aliphatic rings. The van der Waals surface area contributed by atoms with Gasteiger partial charge >= 0.3 is 6.03 Å². The van der Waals surface area contributed by atoms with E-state index in [4.69, 9.17) is 4.74 Å². The summed E-state index contributed by atoms with van der Waals surface area (Å²) in [5.41, 5.74) is 2.36. The second kappa shape index (κ2) is 8.40. The highest BCUT2D eigenvalue weighted by Gasteiger charge is 2.30. The van der Waals surface area contributed by atoms with Crippen molar-refractivity contribution in [2.45, 2.75) is 50.8 Å². The Bertz CT molecular complexity index is 939. The predicted molar refractivity (Wildman–Crippen MR) is 116 cm³/mol. The number of urea groups is 1. The first kappa shape index (κ1) is 19.6. The summed E-state index contributed by atoms with van der Waals surface area (Å²) in [6.45, 7) is 3.55. The zero-order valence-electron chi connectivity index (χ0n) is 17.3. The van der Waals surface area contributed by atoms with Crippen molar-refractivity contribution >= 4 is 23.1 Å². The number of hydrogen-bond acceptors (Lipinski definition) is 4. The molecular weight excluding hydrogens is 380 g/mol. The van der Waals surface area contributed by atoms with Crippen LogP contribution in [-0.2, 0) is 17.7 Å². The van der Waals surface area contributed by atoms with Crippen molar-refractivity contribution < 1.29 is 14.6 Å². The van der Waals surface area contributed by atoms with Gasteiger partial charge in [0.15, 0.2) is 0 Å². The summed E-state index contributed by atoms with van der Waals surface area (Å²) in [6, 6.07) is 8.65. The van der Waals surface area contributed by atoms with E-state index in [0.29, 0.717) is 26.1 Å². The quantitative estimate of drug-likeness (QED) is 0.813. The lowest BCUT2D eigenvalue weighted by molar-refractivity contribution is 0.0613. The lowest BCUT2D eigenvalue weighted by atomic mass is 9.88. The van der Waals surface area contributed by atoms with Gasteiger partial charge in [0, 0.05) is 55.2 Å². The van der Waals surface area contributed by atoms with E-state index < -0.39 is 6.10 Å². The van der Waals surface area contributed by atoms with Crippen LogP contribution in [0, 0.1) is 5.92 Å². The number of aliphatic hydroxyl groups is 1. The summed E-state index contributed by atoms with van der Waals surface area (Å²) >= 11 is 0. The molecule has 2 saturated heterocycles. The van der Waals surface area contributed by atoms with Crippen LogP contribution >= 0.6 is 0 Å². The number of nitrogens with one attached hydrogen (secondary N) is 1. The molecule has 5 rings (SSSR count). The molecule has 1 atom stereocenters. The molecule has 7 nitrogen and oxygen atoms in total. The lowest BCUT2D eigenvalue weighted by Crippen LogP contribution is -2.50. The molecule has 160 valence electrons. The van der Waals surface area contributed by atoms with E-state index in [-0.39, 0.29) is 18.0 Å². The summed E-state index contributed by atoms with van der Waals surface area (Å²) in [4.78, 5) is 18.9. The number of fused-ring (bicyclic) bond motifs is 3. The zero-order valence-corrected chi connectivity index (χ0v) is 17.3. The number of likely N-dealkylation sites (tertiary alicyclic amines) is 1. The summed E-state index contributed by atoms with van der Waals surface area (Å²) in [7, 11) is 0. The number of aromatic nitrogens is 1. The zero-order chi connectivity index (χ0) is 20.5. The van der Waals surface area contributed by atoms with Crippen LogP contribution in [0.15, 0.2) is 29.3 Å². The summed E-state index contributed by atoms with van der Waals surface area (Å²) < 4.78 is 7.52. The van der Waals surface area contributed by atoms with Gasteiger partial charge in [0.2, 0.25) is 0 Å². The van der Waals surface area contributed by atoms with Gasteiger partial charge in [0.1, 0.15) is 0 Å². The van der Waals surface area contributed by atoms with Crippen LogP contribution in [0.2, 0.25) is 0 Å². The number of hydrogen-bond donors (Lipinski definition) is 2. The Kier molecular flexibility index (Phi) is 5.48. The van der Waals surface area contributed by atoms with Crippen molar-refractivity contribution in [1.82, 2.24) is 14.8 Å². The molecule has 1 aromatic carbocycles. The largest absolute Gasteiger partial charge is 0.392 e. The SMILES string of the molecule is O=C(NC1CCOCC1)N1CCC([C@H](O)Cc2c3ccccc3c3n2C=NC3)CC1. The maximum absolute atomic E-state index is 12.6. The third-order valence-electron chi connectivity index (χ3n) is 6.89. The minimum Gasteiger partial charge on any atom is -0.392 e. The molecule has 0 aliphatic carbocycles. The molecule has 30 heavy (non-hydrogen) atoms. The number of benzene rings is 1. The van der Waals surface area contributed by atoms with Gasteiger partial charge in [-0.05, 0) is 31.6 Å². The molecule has 0 unspecified atom stereocenters. The molecule has 2 aromatic rings. The Labute approximate surface area is 176 Å². The first-order chi connectivity index (χ1) is 14.7. The highest BCUT2D eigenvalue weighted by molar-refractivity contribution is 5.93. The topological polar surface area (TPSA) is 79.1 Å². The molecule has 0 spiro atoms. The number of nitrogens with zero attached hydrogens (tertiary/aromatic N) is 3. The normalized spacial score (nSPS) is 21.2. The van der Waals surface area contributed by atoms with E-state index in [2.05, 4.69) is 39.1 Å². The van der Waals surface area contributed by atoms with Gasteiger partial charge in [-0.15, -0.1) is 0 Å². The van der Waals surface area contributed by atoms with Gasteiger partial charge in [-0.25, -0.2) is 4.79 Å². The molecule has 7 heteroatoms. The number of aliphatic hydroxyl groups excluding tert-OH is 1. The lowest BCUT2D eigenvalue weighted by Gasteiger charge is -2.35. The van der Waals surface area contributed by atoms with Crippen molar-refractivity contribution in [1.29, 1.82) is 0 Å². The van der Waals surface area contributed by atoms with Crippen LogP contribution in [0.5, 0.6) is 0 Å².